The Balaban J connectivity index is 1.85. The number of aryl methyl sites for hydroxylation is 2. The summed E-state index contributed by atoms with van der Waals surface area (Å²) in [6, 6.07) is 7.78. The Morgan fingerprint density at radius 3 is 3.05 bits per heavy atom. The van der Waals surface area contributed by atoms with Gasteiger partial charge in [0.2, 0.25) is 0 Å². The van der Waals surface area contributed by atoms with Crippen molar-refractivity contribution in [3.63, 3.8) is 0 Å². The van der Waals surface area contributed by atoms with Gasteiger partial charge in [-0.2, -0.15) is 0 Å². The molecule has 1 aromatic heterocycles. The molecule has 0 fully saturated rings. The molecule has 1 nitrogen and oxygen atoms in total. The van der Waals surface area contributed by atoms with E-state index in [0.29, 0.717) is 12.0 Å². The van der Waals surface area contributed by atoms with Crippen molar-refractivity contribution >= 4 is 11.3 Å². The average molecular weight is 303 g/mol. The molecule has 1 N–H and O–H groups in total. The zero-order chi connectivity index (χ0) is 14.8. The molecule has 1 heterocycles. The number of fused-ring (bicyclic) bond motifs is 1. The molecule has 0 radical (unpaired) electrons. The van der Waals surface area contributed by atoms with E-state index in [1.54, 1.807) is 17.0 Å². The fourth-order valence-corrected chi connectivity index (χ4v) is 4.48. The van der Waals surface area contributed by atoms with E-state index < -0.39 is 0 Å². The number of hydrogen-bond acceptors (Lipinski definition) is 2. The predicted molar refractivity (Wildman–Crippen MR) is 87.7 cm³/mol. The summed E-state index contributed by atoms with van der Waals surface area (Å²) in [5.74, 6) is 0.415. The van der Waals surface area contributed by atoms with Gasteiger partial charge in [-0.3, -0.25) is 0 Å². The van der Waals surface area contributed by atoms with E-state index in [1.165, 1.54) is 30.4 Å². The zero-order valence-electron chi connectivity index (χ0n) is 12.7. The summed E-state index contributed by atoms with van der Waals surface area (Å²) in [6.07, 6.45) is 4.60. The van der Waals surface area contributed by atoms with Crippen LogP contribution in [0.2, 0.25) is 0 Å². The third kappa shape index (κ3) is 3.04. The lowest BCUT2D eigenvalue weighted by atomic mass is 9.80. The number of halogens is 1. The summed E-state index contributed by atoms with van der Waals surface area (Å²) >= 11 is 1.88. The monoisotopic (exact) mass is 303 g/mol. The minimum atomic E-state index is -0.134. The molecule has 21 heavy (non-hydrogen) atoms. The second-order valence-electron chi connectivity index (χ2n) is 5.97. The van der Waals surface area contributed by atoms with Crippen molar-refractivity contribution in [2.75, 3.05) is 7.05 Å². The molecule has 0 saturated carbocycles. The van der Waals surface area contributed by atoms with Crippen LogP contribution < -0.4 is 5.32 Å². The van der Waals surface area contributed by atoms with Gasteiger partial charge in [-0.1, -0.05) is 6.07 Å². The summed E-state index contributed by atoms with van der Waals surface area (Å²) in [7, 11) is 2.03. The number of benzene rings is 1. The van der Waals surface area contributed by atoms with Crippen LogP contribution in [-0.4, -0.2) is 13.1 Å². The van der Waals surface area contributed by atoms with Crippen LogP contribution >= 0.6 is 11.3 Å². The topological polar surface area (TPSA) is 12.0 Å². The smallest absolute Gasteiger partial charge is 0.123 e. The lowest BCUT2D eigenvalue weighted by molar-refractivity contribution is 0.413. The average Bonchev–Trinajstić information content (AvgIpc) is 2.96. The van der Waals surface area contributed by atoms with E-state index in [-0.39, 0.29) is 5.82 Å². The minimum absolute atomic E-state index is 0.134. The fraction of sp³-hybridized carbons (Fsp3) is 0.444. The van der Waals surface area contributed by atoms with Crippen molar-refractivity contribution in [3.05, 3.63) is 57.0 Å². The molecular weight excluding hydrogens is 281 g/mol. The maximum Gasteiger partial charge on any atom is 0.123 e. The van der Waals surface area contributed by atoms with Gasteiger partial charge < -0.3 is 5.32 Å². The molecule has 1 aliphatic carbocycles. The first kappa shape index (κ1) is 14.7. The highest BCUT2D eigenvalue weighted by atomic mass is 32.1. The number of likely N-dealkylation sites (N-methyl/N-ethyl adjacent to an activating group) is 1. The van der Waals surface area contributed by atoms with Gasteiger partial charge in [0.25, 0.3) is 0 Å². The van der Waals surface area contributed by atoms with Crippen molar-refractivity contribution in [1.82, 2.24) is 5.32 Å². The Labute approximate surface area is 130 Å². The van der Waals surface area contributed by atoms with Crippen molar-refractivity contribution < 1.29 is 4.39 Å². The molecule has 1 aliphatic rings. The molecule has 2 aromatic rings. The highest BCUT2D eigenvalue weighted by molar-refractivity contribution is 7.10. The molecule has 3 rings (SSSR count). The SMILES string of the molecule is CNC(Cc1cc(F)ccc1C)C1CCCc2sccc21. The maximum atomic E-state index is 13.5. The van der Waals surface area contributed by atoms with Gasteiger partial charge in [-0.05, 0) is 79.9 Å². The summed E-state index contributed by atoms with van der Waals surface area (Å²) in [4.78, 5) is 1.54. The zero-order valence-corrected chi connectivity index (χ0v) is 13.5. The van der Waals surface area contributed by atoms with E-state index in [2.05, 4.69) is 23.7 Å². The highest BCUT2D eigenvalue weighted by Crippen LogP contribution is 2.37. The van der Waals surface area contributed by atoms with E-state index in [0.717, 1.165) is 12.0 Å². The Morgan fingerprint density at radius 1 is 1.38 bits per heavy atom. The molecule has 1 aromatic carbocycles. The third-order valence-electron chi connectivity index (χ3n) is 4.71. The quantitative estimate of drug-likeness (QED) is 0.880. The lowest BCUT2D eigenvalue weighted by Crippen LogP contribution is -2.35. The normalized spacial score (nSPS) is 19.3. The first-order valence-electron chi connectivity index (χ1n) is 7.67. The maximum absolute atomic E-state index is 13.5. The second-order valence-corrected chi connectivity index (χ2v) is 6.97. The lowest BCUT2D eigenvalue weighted by Gasteiger charge is -2.31. The standard InChI is InChI=1S/C18H22FNS/c1-12-6-7-14(19)10-13(12)11-17(20-2)15-4-3-5-18-16(15)8-9-21-18/h6-10,15,17,20H,3-5,11H2,1-2H3. The Bertz CT molecular complexity index is 619. The summed E-state index contributed by atoms with van der Waals surface area (Å²) in [5.41, 5.74) is 3.81. The van der Waals surface area contributed by atoms with Crippen molar-refractivity contribution in [2.45, 2.75) is 44.6 Å². The molecule has 0 bridgehead atoms. The van der Waals surface area contributed by atoms with Crippen LogP contribution in [0.25, 0.3) is 0 Å². The molecule has 0 spiro atoms. The van der Waals surface area contributed by atoms with Gasteiger partial charge in [0, 0.05) is 16.8 Å². The van der Waals surface area contributed by atoms with Gasteiger partial charge in [-0.25, -0.2) is 4.39 Å². The van der Waals surface area contributed by atoms with E-state index in [9.17, 15) is 4.39 Å². The van der Waals surface area contributed by atoms with Crippen LogP contribution in [0, 0.1) is 12.7 Å². The number of rotatable bonds is 4. The van der Waals surface area contributed by atoms with Crippen LogP contribution in [0.5, 0.6) is 0 Å². The molecule has 0 aliphatic heterocycles. The third-order valence-corrected chi connectivity index (χ3v) is 5.70. The van der Waals surface area contributed by atoms with E-state index in [4.69, 9.17) is 0 Å². The van der Waals surface area contributed by atoms with Crippen molar-refractivity contribution in [1.29, 1.82) is 0 Å². The van der Waals surface area contributed by atoms with Crippen LogP contribution in [0.15, 0.2) is 29.6 Å². The van der Waals surface area contributed by atoms with Crippen molar-refractivity contribution in [2.24, 2.45) is 0 Å². The van der Waals surface area contributed by atoms with E-state index >= 15 is 0 Å². The number of thiophene rings is 1. The number of hydrogen-bond donors (Lipinski definition) is 1. The molecule has 2 unspecified atom stereocenters. The summed E-state index contributed by atoms with van der Waals surface area (Å²) in [6.45, 7) is 2.07. The van der Waals surface area contributed by atoms with Gasteiger partial charge in [0.05, 0.1) is 0 Å². The van der Waals surface area contributed by atoms with Crippen LogP contribution in [0.3, 0.4) is 0 Å². The molecular formula is C18H22FNS. The molecule has 112 valence electrons. The molecule has 3 heteroatoms. The highest BCUT2D eigenvalue weighted by Gasteiger charge is 2.28. The van der Waals surface area contributed by atoms with Gasteiger partial charge in [0.15, 0.2) is 0 Å². The largest absolute Gasteiger partial charge is 0.316 e. The van der Waals surface area contributed by atoms with Gasteiger partial charge >= 0.3 is 0 Å². The molecule has 2 atom stereocenters. The van der Waals surface area contributed by atoms with Gasteiger partial charge in [-0.15, -0.1) is 11.3 Å². The van der Waals surface area contributed by atoms with Crippen LogP contribution in [0.4, 0.5) is 4.39 Å². The Morgan fingerprint density at radius 2 is 2.24 bits per heavy atom. The van der Waals surface area contributed by atoms with Crippen LogP contribution in [-0.2, 0) is 12.8 Å². The van der Waals surface area contributed by atoms with Crippen molar-refractivity contribution in [3.8, 4) is 0 Å². The minimum Gasteiger partial charge on any atom is -0.316 e. The van der Waals surface area contributed by atoms with E-state index in [1.807, 2.05) is 24.5 Å². The first-order valence-corrected chi connectivity index (χ1v) is 8.55. The Hall–Kier alpha value is -1.19. The molecule has 0 amide bonds. The Kier molecular flexibility index (Phi) is 4.41. The fourth-order valence-electron chi connectivity index (χ4n) is 3.48. The second kappa shape index (κ2) is 6.29. The summed E-state index contributed by atoms with van der Waals surface area (Å²) < 4.78 is 13.5. The number of nitrogens with one attached hydrogen (secondary N) is 1. The predicted octanol–water partition coefficient (Wildman–Crippen LogP) is 4.45. The van der Waals surface area contributed by atoms with Gasteiger partial charge in [0.1, 0.15) is 5.82 Å². The first-order chi connectivity index (χ1) is 10.2. The van der Waals surface area contributed by atoms with Crippen LogP contribution in [0.1, 0.15) is 40.3 Å². The molecule has 0 saturated heterocycles. The summed E-state index contributed by atoms with van der Waals surface area (Å²) in [5, 5.41) is 5.69.